The number of nitrogens with one attached hydrogen (secondary N) is 1. The largest absolute Gasteiger partial charge is 0.346 e. The molecule has 0 bridgehead atoms. The quantitative estimate of drug-likeness (QED) is 0.852. The topological polar surface area (TPSA) is 47.6 Å². The lowest BCUT2D eigenvalue weighted by atomic mass is 10.0. The molecule has 1 aromatic carbocycles. The molecule has 0 aliphatic carbocycles. The summed E-state index contributed by atoms with van der Waals surface area (Å²) >= 11 is 5.46. The van der Waals surface area contributed by atoms with Crippen LogP contribution in [-0.4, -0.2) is 30.5 Å². The zero-order chi connectivity index (χ0) is 13.0. The standard InChI is InChI=1S/C13H16ClNO3/c1-13(15-11(16)7-14)8-17-12(18-9-13)10-5-3-2-4-6-10/h2-6,12H,7-9H2,1H3,(H,15,16). The van der Waals surface area contributed by atoms with E-state index < -0.39 is 5.54 Å². The van der Waals surface area contributed by atoms with Crippen LogP contribution in [0.5, 0.6) is 0 Å². The molecule has 0 spiro atoms. The Morgan fingerprint density at radius 2 is 2.00 bits per heavy atom. The molecule has 18 heavy (non-hydrogen) atoms. The third-order valence-electron chi connectivity index (χ3n) is 2.74. The summed E-state index contributed by atoms with van der Waals surface area (Å²) in [6.07, 6.45) is -0.368. The molecule has 0 saturated carbocycles. The monoisotopic (exact) mass is 269 g/mol. The summed E-state index contributed by atoms with van der Waals surface area (Å²) in [5, 5.41) is 2.80. The van der Waals surface area contributed by atoms with Crippen LogP contribution in [0.3, 0.4) is 0 Å². The summed E-state index contributed by atoms with van der Waals surface area (Å²) < 4.78 is 11.3. The molecule has 1 amide bonds. The Bertz CT molecular complexity index is 402. The molecule has 5 heteroatoms. The third-order valence-corrected chi connectivity index (χ3v) is 2.98. The van der Waals surface area contributed by atoms with Crippen LogP contribution in [0.25, 0.3) is 0 Å². The van der Waals surface area contributed by atoms with Crippen molar-refractivity contribution in [3.05, 3.63) is 35.9 Å². The fourth-order valence-electron chi connectivity index (χ4n) is 1.85. The number of rotatable bonds is 3. The van der Waals surface area contributed by atoms with Gasteiger partial charge in [-0.2, -0.15) is 0 Å². The number of hydrogen-bond acceptors (Lipinski definition) is 3. The van der Waals surface area contributed by atoms with E-state index in [9.17, 15) is 4.79 Å². The first kappa shape index (κ1) is 13.3. The van der Waals surface area contributed by atoms with E-state index in [1.54, 1.807) is 0 Å². The zero-order valence-corrected chi connectivity index (χ0v) is 10.9. The highest BCUT2D eigenvalue weighted by atomic mass is 35.5. The molecule has 2 rings (SSSR count). The molecule has 1 saturated heterocycles. The first-order valence-electron chi connectivity index (χ1n) is 5.78. The maximum atomic E-state index is 11.3. The van der Waals surface area contributed by atoms with Crippen molar-refractivity contribution in [1.29, 1.82) is 0 Å². The van der Waals surface area contributed by atoms with Gasteiger partial charge < -0.3 is 14.8 Å². The second kappa shape index (κ2) is 5.69. The Morgan fingerprint density at radius 3 is 2.56 bits per heavy atom. The fraction of sp³-hybridized carbons (Fsp3) is 0.462. The molecular weight excluding hydrogens is 254 g/mol. The Labute approximate surface area is 111 Å². The minimum Gasteiger partial charge on any atom is -0.346 e. The maximum absolute atomic E-state index is 11.3. The normalized spacial score (nSPS) is 27.8. The molecule has 1 aromatic rings. The first-order chi connectivity index (χ1) is 8.63. The summed E-state index contributed by atoms with van der Waals surface area (Å²) in [5.41, 5.74) is 0.459. The van der Waals surface area contributed by atoms with Gasteiger partial charge in [0.25, 0.3) is 0 Å². The number of carbonyl (C=O) groups is 1. The van der Waals surface area contributed by atoms with Crippen molar-refractivity contribution in [3.8, 4) is 0 Å². The van der Waals surface area contributed by atoms with Gasteiger partial charge >= 0.3 is 0 Å². The van der Waals surface area contributed by atoms with E-state index in [2.05, 4.69) is 5.32 Å². The third kappa shape index (κ3) is 3.22. The lowest BCUT2D eigenvalue weighted by molar-refractivity contribution is -0.214. The van der Waals surface area contributed by atoms with Gasteiger partial charge in [0, 0.05) is 5.56 Å². The summed E-state index contributed by atoms with van der Waals surface area (Å²) in [5.74, 6) is -0.276. The highest BCUT2D eigenvalue weighted by Gasteiger charge is 2.34. The van der Waals surface area contributed by atoms with Crippen molar-refractivity contribution in [2.45, 2.75) is 18.8 Å². The van der Waals surface area contributed by atoms with E-state index in [0.29, 0.717) is 13.2 Å². The summed E-state index contributed by atoms with van der Waals surface area (Å²) in [6, 6.07) is 9.71. The number of amides is 1. The van der Waals surface area contributed by atoms with E-state index in [4.69, 9.17) is 21.1 Å². The molecule has 0 unspecified atom stereocenters. The number of ether oxygens (including phenoxy) is 2. The van der Waals surface area contributed by atoms with Crippen LogP contribution in [0.2, 0.25) is 0 Å². The van der Waals surface area contributed by atoms with Crippen LogP contribution < -0.4 is 5.32 Å². The molecule has 1 heterocycles. The molecule has 1 aliphatic heterocycles. The van der Waals surface area contributed by atoms with Crippen molar-refractivity contribution in [2.24, 2.45) is 0 Å². The highest BCUT2D eigenvalue weighted by Crippen LogP contribution is 2.26. The van der Waals surface area contributed by atoms with Crippen LogP contribution >= 0.6 is 11.6 Å². The van der Waals surface area contributed by atoms with Crippen molar-refractivity contribution < 1.29 is 14.3 Å². The van der Waals surface area contributed by atoms with Crippen molar-refractivity contribution >= 4 is 17.5 Å². The van der Waals surface area contributed by atoms with Crippen molar-refractivity contribution in [1.82, 2.24) is 5.32 Å². The van der Waals surface area contributed by atoms with Crippen LogP contribution in [0.4, 0.5) is 0 Å². The number of benzene rings is 1. The van der Waals surface area contributed by atoms with Gasteiger partial charge in [-0.05, 0) is 6.92 Å². The van der Waals surface area contributed by atoms with E-state index in [0.717, 1.165) is 5.56 Å². The summed E-state index contributed by atoms with van der Waals surface area (Å²) in [6.45, 7) is 2.67. The Morgan fingerprint density at radius 1 is 1.39 bits per heavy atom. The molecule has 0 radical (unpaired) electrons. The van der Waals surface area contributed by atoms with Crippen LogP contribution in [0.1, 0.15) is 18.8 Å². The molecule has 0 aromatic heterocycles. The Hall–Kier alpha value is -1.10. The van der Waals surface area contributed by atoms with Crippen LogP contribution in [0, 0.1) is 0 Å². The highest BCUT2D eigenvalue weighted by molar-refractivity contribution is 6.27. The number of hydrogen-bond donors (Lipinski definition) is 1. The number of halogens is 1. The second-order valence-corrected chi connectivity index (χ2v) is 4.87. The van der Waals surface area contributed by atoms with Gasteiger partial charge in [-0.3, -0.25) is 4.79 Å². The first-order valence-corrected chi connectivity index (χ1v) is 6.31. The Balaban J connectivity index is 1.93. The van der Waals surface area contributed by atoms with Gasteiger partial charge in [-0.1, -0.05) is 30.3 Å². The van der Waals surface area contributed by atoms with Gasteiger partial charge in [-0.25, -0.2) is 0 Å². The zero-order valence-electron chi connectivity index (χ0n) is 10.2. The molecule has 1 fully saturated rings. The van der Waals surface area contributed by atoms with Gasteiger partial charge in [0.05, 0.1) is 18.8 Å². The molecule has 1 aliphatic rings. The van der Waals surface area contributed by atoms with E-state index in [1.165, 1.54) is 0 Å². The van der Waals surface area contributed by atoms with Gasteiger partial charge in [-0.15, -0.1) is 11.6 Å². The fourth-order valence-corrected chi connectivity index (χ4v) is 1.92. The van der Waals surface area contributed by atoms with E-state index in [-0.39, 0.29) is 18.1 Å². The maximum Gasteiger partial charge on any atom is 0.235 e. The Kier molecular flexibility index (Phi) is 4.22. The second-order valence-electron chi connectivity index (χ2n) is 4.61. The van der Waals surface area contributed by atoms with Crippen molar-refractivity contribution in [2.75, 3.05) is 19.1 Å². The average Bonchev–Trinajstić information content (AvgIpc) is 2.40. The molecule has 1 N–H and O–H groups in total. The lowest BCUT2D eigenvalue weighted by Crippen LogP contribution is -2.56. The molecule has 0 atom stereocenters. The molecular formula is C13H16ClNO3. The van der Waals surface area contributed by atoms with Gasteiger partial charge in [0.15, 0.2) is 6.29 Å². The molecule has 4 nitrogen and oxygen atoms in total. The van der Waals surface area contributed by atoms with E-state index in [1.807, 2.05) is 37.3 Å². The minimum atomic E-state index is -0.517. The summed E-state index contributed by atoms with van der Waals surface area (Å²) in [7, 11) is 0. The van der Waals surface area contributed by atoms with Crippen LogP contribution in [-0.2, 0) is 14.3 Å². The number of carbonyl (C=O) groups excluding carboxylic acids is 1. The number of alkyl halides is 1. The van der Waals surface area contributed by atoms with Crippen LogP contribution in [0.15, 0.2) is 30.3 Å². The SMILES string of the molecule is CC1(NC(=O)CCl)COC(c2ccccc2)OC1. The van der Waals surface area contributed by atoms with Crippen molar-refractivity contribution in [3.63, 3.8) is 0 Å². The van der Waals surface area contributed by atoms with Gasteiger partial charge in [0.1, 0.15) is 5.88 Å². The predicted molar refractivity (Wildman–Crippen MR) is 68.4 cm³/mol. The smallest absolute Gasteiger partial charge is 0.235 e. The van der Waals surface area contributed by atoms with E-state index >= 15 is 0 Å². The minimum absolute atomic E-state index is 0.0578. The molecule has 98 valence electrons. The average molecular weight is 270 g/mol. The lowest BCUT2D eigenvalue weighted by Gasteiger charge is -2.37. The summed E-state index contributed by atoms with van der Waals surface area (Å²) in [4.78, 5) is 11.3. The predicted octanol–water partition coefficient (Wildman–Crippen LogP) is 1.85. The van der Waals surface area contributed by atoms with Gasteiger partial charge in [0.2, 0.25) is 5.91 Å².